The number of aromatic carboxylic acids is 1. The maximum Gasteiger partial charge on any atom is 0.335 e. The number of hydrogen-bond donors (Lipinski definition) is 2. The van der Waals surface area contributed by atoms with Crippen molar-refractivity contribution < 1.29 is 15.0 Å². The van der Waals surface area contributed by atoms with E-state index in [1.165, 1.54) is 12.1 Å². The largest absolute Gasteiger partial charge is 0.508 e. The van der Waals surface area contributed by atoms with Gasteiger partial charge < -0.3 is 15.1 Å². The standard InChI is InChI=1S/C10H13Br2NO.C7H5ClO2/c11-5-7-13(8-6-12)9-1-3-10(14)4-2-9;8-6-3-1-5(2-4-6)7(9)10/h1-4,14H,5-8H2;1-4H,(H,9,10). The summed E-state index contributed by atoms with van der Waals surface area (Å²) in [6, 6.07) is 13.3. The Hall–Kier alpha value is -1.24. The van der Waals surface area contributed by atoms with Crippen LogP contribution in [0.25, 0.3) is 0 Å². The summed E-state index contributed by atoms with van der Waals surface area (Å²) in [6.45, 7) is 1.94. The molecule has 0 bridgehead atoms. The molecule has 0 unspecified atom stereocenters. The molecule has 0 aliphatic heterocycles. The molecular formula is C17H18Br2ClNO3. The molecule has 0 aliphatic rings. The number of carbonyl (C=O) groups is 1. The fraction of sp³-hybridized carbons (Fsp3) is 0.235. The van der Waals surface area contributed by atoms with Crippen LogP contribution in [0.5, 0.6) is 5.75 Å². The molecule has 0 saturated carbocycles. The lowest BCUT2D eigenvalue weighted by Gasteiger charge is -2.22. The van der Waals surface area contributed by atoms with Crippen molar-refractivity contribution in [2.75, 3.05) is 28.6 Å². The zero-order valence-electron chi connectivity index (χ0n) is 12.8. The van der Waals surface area contributed by atoms with Crippen molar-refractivity contribution in [2.45, 2.75) is 0 Å². The van der Waals surface area contributed by atoms with Gasteiger partial charge in [-0.25, -0.2) is 4.79 Å². The Morgan fingerprint density at radius 3 is 1.88 bits per heavy atom. The molecule has 0 radical (unpaired) electrons. The summed E-state index contributed by atoms with van der Waals surface area (Å²) in [4.78, 5) is 12.5. The smallest absolute Gasteiger partial charge is 0.335 e. The lowest BCUT2D eigenvalue weighted by Crippen LogP contribution is -2.27. The van der Waals surface area contributed by atoms with Gasteiger partial charge in [-0.3, -0.25) is 0 Å². The molecule has 2 aromatic carbocycles. The van der Waals surface area contributed by atoms with Crippen LogP contribution in [0.4, 0.5) is 5.69 Å². The first-order valence-electron chi connectivity index (χ1n) is 7.12. The first-order valence-corrected chi connectivity index (χ1v) is 9.74. The van der Waals surface area contributed by atoms with Gasteiger partial charge in [-0.1, -0.05) is 43.5 Å². The number of hydrogen-bond acceptors (Lipinski definition) is 3. The van der Waals surface area contributed by atoms with E-state index in [4.69, 9.17) is 21.8 Å². The van der Waals surface area contributed by atoms with Crippen LogP contribution in [0.15, 0.2) is 48.5 Å². The van der Waals surface area contributed by atoms with Crippen molar-refractivity contribution in [2.24, 2.45) is 0 Å². The average Bonchev–Trinajstić information content (AvgIpc) is 2.56. The molecule has 0 aliphatic carbocycles. The Morgan fingerprint density at radius 1 is 0.958 bits per heavy atom. The number of phenolic OH excluding ortho intramolecular Hbond substituents is 1. The summed E-state index contributed by atoms with van der Waals surface area (Å²) in [7, 11) is 0. The Morgan fingerprint density at radius 2 is 1.46 bits per heavy atom. The third kappa shape index (κ3) is 7.55. The van der Waals surface area contributed by atoms with Crippen molar-refractivity contribution in [3.63, 3.8) is 0 Å². The Kier molecular flexibility index (Phi) is 9.83. The molecule has 24 heavy (non-hydrogen) atoms. The van der Waals surface area contributed by atoms with E-state index in [9.17, 15) is 4.79 Å². The number of carboxylic acids is 1. The van der Waals surface area contributed by atoms with Gasteiger partial charge in [0.05, 0.1) is 5.56 Å². The number of anilines is 1. The number of halogens is 3. The topological polar surface area (TPSA) is 60.8 Å². The number of rotatable bonds is 6. The van der Waals surface area contributed by atoms with Gasteiger partial charge in [-0.05, 0) is 48.5 Å². The van der Waals surface area contributed by atoms with Gasteiger partial charge in [-0.2, -0.15) is 0 Å². The first kappa shape index (κ1) is 20.8. The van der Waals surface area contributed by atoms with Crippen molar-refractivity contribution in [3.05, 3.63) is 59.1 Å². The average molecular weight is 480 g/mol. The highest BCUT2D eigenvalue weighted by atomic mass is 79.9. The maximum absolute atomic E-state index is 10.3. The third-order valence-electron chi connectivity index (χ3n) is 3.01. The van der Waals surface area contributed by atoms with E-state index in [2.05, 4.69) is 36.8 Å². The summed E-state index contributed by atoms with van der Waals surface area (Å²) < 4.78 is 0. The van der Waals surface area contributed by atoms with Gasteiger partial charge in [0.1, 0.15) is 5.75 Å². The first-order chi connectivity index (χ1) is 11.5. The van der Waals surface area contributed by atoms with Crippen molar-refractivity contribution in [1.29, 1.82) is 0 Å². The van der Waals surface area contributed by atoms with Gasteiger partial charge in [0.2, 0.25) is 0 Å². The predicted octanol–water partition coefficient (Wildman–Crippen LogP) is 5.03. The fourth-order valence-electron chi connectivity index (χ4n) is 1.83. The van der Waals surface area contributed by atoms with E-state index in [1.807, 2.05) is 12.1 Å². The Bertz CT molecular complexity index is 615. The minimum atomic E-state index is -0.934. The minimum absolute atomic E-state index is 0.254. The van der Waals surface area contributed by atoms with E-state index in [1.54, 1.807) is 24.3 Å². The van der Waals surface area contributed by atoms with Crippen LogP contribution in [0.1, 0.15) is 10.4 Å². The lowest BCUT2D eigenvalue weighted by atomic mass is 10.2. The minimum Gasteiger partial charge on any atom is -0.508 e. The number of aromatic hydroxyl groups is 1. The summed E-state index contributed by atoms with van der Waals surface area (Å²) in [5.74, 6) is -0.622. The molecule has 7 heteroatoms. The number of nitrogens with zero attached hydrogens (tertiary/aromatic N) is 1. The van der Waals surface area contributed by atoms with E-state index in [0.717, 1.165) is 29.4 Å². The molecule has 2 aromatic rings. The van der Waals surface area contributed by atoms with Crippen LogP contribution in [0.2, 0.25) is 5.02 Å². The van der Waals surface area contributed by atoms with Crippen molar-refractivity contribution >= 4 is 55.1 Å². The second-order valence-electron chi connectivity index (χ2n) is 4.69. The summed E-state index contributed by atoms with van der Waals surface area (Å²) in [5, 5.41) is 20.0. The van der Waals surface area contributed by atoms with Crippen LogP contribution in [0, 0.1) is 0 Å². The number of benzene rings is 2. The van der Waals surface area contributed by atoms with Crippen LogP contribution >= 0.6 is 43.5 Å². The van der Waals surface area contributed by atoms with Gasteiger partial charge in [0.25, 0.3) is 0 Å². The molecule has 2 N–H and O–H groups in total. The maximum atomic E-state index is 10.3. The molecule has 0 fully saturated rings. The summed E-state index contributed by atoms with van der Waals surface area (Å²) in [5.41, 5.74) is 1.39. The SMILES string of the molecule is O=C(O)c1ccc(Cl)cc1.Oc1ccc(N(CCBr)CCBr)cc1. The van der Waals surface area contributed by atoms with Crippen molar-refractivity contribution in [3.8, 4) is 5.75 Å². The number of carboxylic acid groups (broad SMARTS) is 1. The van der Waals surface area contributed by atoms with Crippen LogP contribution in [-0.2, 0) is 0 Å². The van der Waals surface area contributed by atoms with E-state index < -0.39 is 5.97 Å². The normalized spacial score (nSPS) is 9.79. The van der Waals surface area contributed by atoms with E-state index in [0.29, 0.717) is 10.8 Å². The summed E-state index contributed by atoms with van der Waals surface area (Å²) >= 11 is 12.4. The number of alkyl halides is 2. The molecular weight excluding hydrogens is 461 g/mol. The van der Waals surface area contributed by atoms with E-state index >= 15 is 0 Å². The molecule has 0 heterocycles. The summed E-state index contributed by atoms with van der Waals surface area (Å²) in [6.07, 6.45) is 0. The molecule has 4 nitrogen and oxygen atoms in total. The Balaban J connectivity index is 0.000000254. The molecule has 2 rings (SSSR count). The molecule has 0 atom stereocenters. The molecule has 0 amide bonds. The van der Waals surface area contributed by atoms with E-state index in [-0.39, 0.29) is 5.56 Å². The molecule has 0 spiro atoms. The van der Waals surface area contributed by atoms with Gasteiger partial charge >= 0.3 is 5.97 Å². The van der Waals surface area contributed by atoms with Gasteiger partial charge in [0.15, 0.2) is 0 Å². The van der Waals surface area contributed by atoms with Crippen LogP contribution < -0.4 is 4.90 Å². The Labute approximate surface area is 163 Å². The highest BCUT2D eigenvalue weighted by molar-refractivity contribution is 9.09. The third-order valence-corrected chi connectivity index (χ3v) is 3.98. The monoisotopic (exact) mass is 477 g/mol. The van der Waals surface area contributed by atoms with Crippen LogP contribution in [0.3, 0.4) is 0 Å². The highest BCUT2D eigenvalue weighted by Gasteiger charge is 2.04. The lowest BCUT2D eigenvalue weighted by molar-refractivity contribution is 0.0697. The zero-order chi connectivity index (χ0) is 17.9. The second kappa shape index (κ2) is 11.3. The molecule has 0 aromatic heterocycles. The highest BCUT2D eigenvalue weighted by Crippen LogP contribution is 2.18. The number of phenols is 1. The zero-order valence-corrected chi connectivity index (χ0v) is 16.8. The van der Waals surface area contributed by atoms with Gasteiger partial charge in [-0.15, -0.1) is 0 Å². The van der Waals surface area contributed by atoms with Crippen molar-refractivity contribution in [1.82, 2.24) is 0 Å². The van der Waals surface area contributed by atoms with Crippen LogP contribution in [-0.4, -0.2) is 39.9 Å². The second-order valence-corrected chi connectivity index (χ2v) is 6.72. The fourth-order valence-corrected chi connectivity index (χ4v) is 2.81. The predicted molar refractivity (Wildman–Crippen MR) is 106 cm³/mol. The van der Waals surface area contributed by atoms with Gasteiger partial charge in [0, 0.05) is 34.5 Å². The quantitative estimate of drug-likeness (QED) is 0.571. The molecule has 0 saturated heterocycles. The molecule has 130 valence electrons.